The van der Waals surface area contributed by atoms with E-state index in [2.05, 4.69) is 5.32 Å². The van der Waals surface area contributed by atoms with E-state index in [0.29, 0.717) is 27.7 Å². The second-order valence-electron chi connectivity index (χ2n) is 5.46. The number of rotatable bonds is 6. The molecule has 0 atom stereocenters. The molecule has 2 aromatic carbocycles. The SMILES string of the molecule is CC(=O)N(CCc1ccccc1F)CC(=O)Nc1ccc(Cl)c(Cl)c1. The third kappa shape index (κ3) is 5.73. The van der Waals surface area contributed by atoms with Gasteiger partial charge in [0.2, 0.25) is 11.8 Å². The van der Waals surface area contributed by atoms with Crippen LogP contribution >= 0.6 is 23.2 Å². The van der Waals surface area contributed by atoms with Crippen LogP contribution in [0.2, 0.25) is 10.0 Å². The van der Waals surface area contributed by atoms with E-state index in [0.717, 1.165) is 0 Å². The molecular formula is C18H17Cl2FN2O2. The second-order valence-corrected chi connectivity index (χ2v) is 6.27. The maximum atomic E-state index is 13.7. The van der Waals surface area contributed by atoms with Crippen LogP contribution < -0.4 is 5.32 Å². The molecule has 0 aliphatic carbocycles. The number of benzene rings is 2. The summed E-state index contributed by atoms with van der Waals surface area (Å²) >= 11 is 11.7. The first-order valence-electron chi connectivity index (χ1n) is 7.60. The van der Waals surface area contributed by atoms with Crippen LogP contribution in [-0.2, 0) is 16.0 Å². The van der Waals surface area contributed by atoms with Crippen molar-refractivity contribution in [2.45, 2.75) is 13.3 Å². The van der Waals surface area contributed by atoms with Crippen molar-refractivity contribution in [2.75, 3.05) is 18.4 Å². The monoisotopic (exact) mass is 382 g/mol. The number of carbonyl (C=O) groups excluding carboxylic acids is 2. The van der Waals surface area contributed by atoms with Crippen molar-refractivity contribution in [3.8, 4) is 0 Å². The van der Waals surface area contributed by atoms with E-state index in [9.17, 15) is 14.0 Å². The summed E-state index contributed by atoms with van der Waals surface area (Å²) in [7, 11) is 0. The molecule has 0 aromatic heterocycles. The Labute approximate surface area is 155 Å². The molecule has 0 bridgehead atoms. The van der Waals surface area contributed by atoms with E-state index in [4.69, 9.17) is 23.2 Å². The third-order valence-corrected chi connectivity index (χ3v) is 4.33. The molecule has 0 fully saturated rings. The van der Waals surface area contributed by atoms with Gasteiger partial charge in [0.05, 0.1) is 16.6 Å². The van der Waals surface area contributed by atoms with Gasteiger partial charge < -0.3 is 10.2 Å². The van der Waals surface area contributed by atoms with Crippen molar-refractivity contribution in [2.24, 2.45) is 0 Å². The number of hydrogen-bond acceptors (Lipinski definition) is 2. The van der Waals surface area contributed by atoms with Crippen LogP contribution in [0.3, 0.4) is 0 Å². The standard InChI is InChI=1S/C18H17Cl2FN2O2/c1-12(24)23(9-8-13-4-2-3-5-17(13)21)11-18(25)22-14-6-7-15(19)16(20)10-14/h2-7,10H,8-9,11H2,1H3,(H,22,25). The maximum Gasteiger partial charge on any atom is 0.243 e. The molecule has 0 saturated heterocycles. The fourth-order valence-corrected chi connectivity index (χ4v) is 2.55. The number of nitrogens with one attached hydrogen (secondary N) is 1. The zero-order valence-electron chi connectivity index (χ0n) is 13.6. The van der Waals surface area contributed by atoms with Crippen molar-refractivity contribution in [3.63, 3.8) is 0 Å². The fraction of sp³-hybridized carbons (Fsp3) is 0.222. The van der Waals surface area contributed by atoms with Crippen molar-refractivity contribution >= 4 is 40.7 Å². The van der Waals surface area contributed by atoms with E-state index >= 15 is 0 Å². The quantitative estimate of drug-likeness (QED) is 0.814. The Hall–Kier alpha value is -2.11. The van der Waals surface area contributed by atoms with E-state index < -0.39 is 0 Å². The van der Waals surface area contributed by atoms with Gasteiger partial charge in [-0.1, -0.05) is 41.4 Å². The number of carbonyl (C=O) groups is 2. The zero-order valence-corrected chi connectivity index (χ0v) is 15.1. The average molecular weight is 383 g/mol. The minimum atomic E-state index is -0.373. The molecule has 0 saturated carbocycles. The molecule has 0 radical (unpaired) electrons. The smallest absolute Gasteiger partial charge is 0.243 e. The number of amides is 2. The summed E-state index contributed by atoms with van der Waals surface area (Å²) in [6.07, 6.45) is 0.326. The molecular weight excluding hydrogens is 366 g/mol. The van der Waals surface area contributed by atoms with Gasteiger partial charge in [0.25, 0.3) is 0 Å². The van der Waals surface area contributed by atoms with Gasteiger partial charge in [0.15, 0.2) is 0 Å². The zero-order chi connectivity index (χ0) is 18.4. The number of anilines is 1. The summed E-state index contributed by atoms with van der Waals surface area (Å²) in [6.45, 7) is 1.48. The first-order valence-corrected chi connectivity index (χ1v) is 8.36. The molecule has 0 aliphatic rings. The van der Waals surface area contributed by atoms with Crippen LogP contribution in [0.15, 0.2) is 42.5 Å². The molecule has 0 spiro atoms. The highest BCUT2D eigenvalue weighted by molar-refractivity contribution is 6.42. The maximum absolute atomic E-state index is 13.7. The topological polar surface area (TPSA) is 49.4 Å². The molecule has 0 heterocycles. The molecule has 25 heavy (non-hydrogen) atoms. The molecule has 2 rings (SSSR count). The van der Waals surface area contributed by atoms with Crippen LogP contribution in [0.4, 0.5) is 10.1 Å². The average Bonchev–Trinajstić information content (AvgIpc) is 2.56. The molecule has 0 aliphatic heterocycles. The van der Waals surface area contributed by atoms with Gasteiger partial charge >= 0.3 is 0 Å². The van der Waals surface area contributed by atoms with Gasteiger partial charge in [-0.05, 0) is 36.2 Å². The molecule has 2 aromatic rings. The highest BCUT2D eigenvalue weighted by Crippen LogP contribution is 2.24. The Kier molecular flexibility index (Phi) is 6.79. The summed E-state index contributed by atoms with van der Waals surface area (Å²) in [6, 6.07) is 11.1. The van der Waals surface area contributed by atoms with E-state index in [1.807, 2.05) is 0 Å². The van der Waals surface area contributed by atoms with Crippen LogP contribution in [0.1, 0.15) is 12.5 Å². The van der Waals surface area contributed by atoms with Crippen LogP contribution in [0.5, 0.6) is 0 Å². The summed E-state index contributed by atoms with van der Waals surface area (Å²) in [5.74, 6) is -0.964. The molecule has 7 heteroatoms. The lowest BCUT2D eigenvalue weighted by molar-refractivity contribution is -0.132. The Morgan fingerprint density at radius 1 is 1.12 bits per heavy atom. The van der Waals surface area contributed by atoms with Gasteiger partial charge in [0.1, 0.15) is 5.82 Å². The van der Waals surface area contributed by atoms with Gasteiger partial charge in [0, 0.05) is 19.2 Å². The Balaban J connectivity index is 1.96. The Bertz CT molecular complexity index is 783. The molecule has 2 amide bonds. The lowest BCUT2D eigenvalue weighted by Crippen LogP contribution is -2.38. The van der Waals surface area contributed by atoms with Crippen LogP contribution in [-0.4, -0.2) is 29.8 Å². The summed E-state index contributed by atoms with van der Waals surface area (Å²) in [5, 5.41) is 3.36. The van der Waals surface area contributed by atoms with E-state index in [1.54, 1.807) is 30.3 Å². The van der Waals surface area contributed by atoms with E-state index in [-0.39, 0.29) is 30.7 Å². The van der Waals surface area contributed by atoms with Gasteiger partial charge in [-0.3, -0.25) is 9.59 Å². The first kappa shape index (κ1) is 19.2. The highest BCUT2D eigenvalue weighted by Gasteiger charge is 2.15. The molecule has 0 unspecified atom stereocenters. The lowest BCUT2D eigenvalue weighted by atomic mass is 10.1. The van der Waals surface area contributed by atoms with Crippen molar-refractivity contribution < 1.29 is 14.0 Å². The minimum Gasteiger partial charge on any atom is -0.333 e. The molecule has 4 nitrogen and oxygen atoms in total. The first-order chi connectivity index (χ1) is 11.9. The highest BCUT2D eigenvalue weighted by atomic mass is 35.5. The second kappa shape index (κ2) is 8.83. The fourth-order valence-electron chi connectivity index (χ4n) is 2.25. The van der Waals surface area contributed by atoms with Gasteiger partial charge in [-0.2, -0.15) is 0 Å². The summed E-state index contributed by atoms with van der Waals surface area (Å²) in [4.78, 5) is 25.3. The van der Waals surface area contributed by atoms with Crippen molar-refractivity contribution in [1.29, 1.82) is 0 Å². The van der Waals surface area contributed by atoms with E-state index in [1.165, 1.54) is 24.0 Å². The largest absolute Gasteiger partial charge is 0.333 e. The predicted molar refractivity (Wildman–Crippen MR) is 97.4 cm³/mol. The van der Waals surface area contributed by atoms with Gasteiger partial charge in [-0.15, -0.1) is 0 Å². The van der Waals surface area contributed by atoms with Crippen LogP contribution in [0, 0.1) is 5.82 Å². The lowest BCUT2D eigenvalue weighted by Gasteiger charge is -2.20. The molecule has 1 N–H and O–H groups in total. The Morgan fingerprint density at radius 3 is 2.48 bits per heavy atom. The minimum absolute atomic E-state index is 0.135. The number of halogens is 3. The summed E-state index contributed by atoms with van der Waals surface area (Å²) < 4.78 is 13.7. The van der Waals surface area contributed by atoms with Crippen molar-refractivity contribution in [1.82, 2.24) is 4.90 Å². The third-order valence-electron chi connectivity index (χ3n) is 3.59. The van der Waals surface area contributed by atoms with Crippen LogP contribution in [0.25, 0.3) is 0 Å². The number of hydrogen-bond donors (Lipinski definition) is 1. The predicted octanol–water partition coefficient (Wildman–Crippen LogP) is 4.16. The molecule has 132 valence electrons. The number of nitrogens with zero attached hydrogens (tertiary/aromatic N) is 1. The summed E-state index contributed by atoms with van der Waals surface area (Å²) in [5.41, 5.74) is 0.982. The normalized spacial score (nSPS) is 10.4. The Morgan fingerprint density at radius 2 is 1.84 bits per heavy atom. The van der Waals surface area contributed by atoms with Crippen molar-refractivity contribution in [3.05, 3.63) is 63.9 Å². The van der Waals surface area contributed by atoms with Gasteiger partial charge in [-0.25, -0.2) is 4.39 Å².